The number of hydrogen-bond acceptors (Lipinski definition) is 8. The average molecular weight is 573 g/mol. The predicted octanol–water partition coefficient (Wildman–Crippen LogP) is 5.43. The summed E-state index contributed by atoms with van der Waals surface area (Å²) < 4.78 is 13.1. The monoisotopic (exact) mass is 572 g/mol. The summed E-state index contributed by atoms with van der Waals surface area (Å²) in [6.45, 7) is 3.93. The fourth-order valence-corrected chi connectivity index (χ4v) is 3.73. The van der Waals surface area contributed by atoms with Crippen LogP contribution in [0.25, 0.3) is 16.8 Å². The molecule has 0 fully saturated rings. The fraction of sp³-hybridized carbons (Fsp3) is 0.143. The number of nitrogens with zero attached hydrogens (tertiary/aromatic N) is 6. The molecule has 1 aromatic carbocycles. The number of benzene rings is 1. The molecule has 0 saturated heterocycles. The maximum Gasteiger partial charge on any atom is 0.319 e. The van der Waals surface area contributed by atoms with E-state index in [0.29, 0.717) is 17.3 Å². The molecule has 0 bridgehead atoms. The molecular formula is C28H25BrN6O3. The molecule has 0 spiro atoms. The van der Waals surface area contributed by atoms with Gasteiger partial charge in [0.1, 0.15) is 22.3 Å². The zero-order chi connectivity index (χ0) is 27.1. The number of ether oxygens (including phenoxy) is 2. The minimum atomic E-state index is -0.223. The first kappa shape index (κ1) is 26.6. The Morgan fingerprint density at radius 1 is 0.895 bits per heavy atom. The highest BCUT2D eigenvalue weighted by molar-refractivity contribution is 9.10. The van der Waals surface area contributed by atoms with Crippen LogP contribution in [0.4, 0.5) is 0 Å². The lowest BCUT2D eigenvalue weighted by atomic mass is 10.1. The molecule has 0 atom stereocenters. The van der Waals surface area contributed by atoms with Gasteiger partial charge in [0, 0.05) is 30.5 Å². The van der Waals surface area contributed by atoms with Crippen molar-refractivity contribution in [2.75, 3.05) is 14.2 Å². The molecule has 10 heteroatoms. The molecule has 38 heavy (non-hydrogen) atoms. The van der Waals surface area contributed by atoms with Gasteiger partial charge < -0.3 is 14.0 Å². The standard InChI is InChI=1S/C22H19N5O3.C6H6BrN/c1-14-7-8-23-18(9-14)20(28)19-12-27(13-25-19)16-6-4-5-15(10-16)17-11-24-22(30-3)26-21(17)29-2;1-5-3-2-4-8-6(5)7/h4-13H,1-3H3;2-4H,1H3. The lowest BCUT2D eigenvalue weighted by molar-refractivity contribution is 0.103. The van der Waals surface area contributed by atoms with Crippen molar-refractivity contribution >= 4 is 21.7 Å². The number of rotatable bonds is 6. The van der Waals surface area contributed by atoms with Crippen LogP contribution in [0.3, 0.4) is 0 Å². The van der Waals surface area contributed by atoms with Gasteiger partial charge in [0.15, 0.2) is 0 Å². The van der Waals surface area contributed by atoms with Crippen LogP contribution in [0.5, 0.6) is 11.9 Å². The quantitative estimate of drug-likeness (QED) is 0.196. The second-order valence-corrected chi connectivity index (χ2v) is 8.91. The number of ketones is 1. The number of hydrogen-bond donors (Lipinski definition) is 0. The summed E-state index contributed by atoms with van der Waals surface area (Å²) in [5.74, 6) is 0.185. The molecule has 4 heterocycles. The molecule has 5 aromatic rings. The summed E-state index contributed by atoms with van der Waals surface area (Å²) in [4.78, 5) is 33.5. The van der Waals surface area contributed by atoms with E-state index < -0.39 is 0 Å². The normalized spacial score (nSPS) is 10.3. The van der Waals surface area contributed by atoms with E-state index in [1.807, 2.05) is 56.3 Å². The zero-order valence-electron chi connectivity index (χ0n) is 21.3. The molecule has 0 N–H and O–H groups in total. The number of methoxy groups -OCH3 is 2. The number of pyridine rings is 2. The Morgan fingerprint density at radius 2 is 1.74 bits per heavy atom. The summed E-state index contributed by atoms with van der Waals surface area (Å²) in [5.41, 5.74) is 5.24. The maximum atomic E-state index is 12.7. The van der Waals surface area contributed by atoms with Crippen molar-refractivity contribution < 1.29 is 14.3 Å². The first-order chi connectivity index (χ1) is 18.4. The maximum absolute atomic E-state index is 12.7. The SMILES string of the molecule is COc1ncc(-c2cccc(-n3cnc(C(=O)c4cc(C)ccn4)c3)c2)c(OC)n1.Cc1cccnc1Br. The van der Waals surface area contributed by atoms with E-state index in [9.17, 15) is 4.79 Å². The number of carbonyl (C=O) groups excluding carboxylic acids is 1. The number of aromatic nitrogens is 6. The van der Waals surface area contributed by atoms with Gasteiger partial charge in [-0.05, 0) is 76.8 Å². The van der Waals surface area contributed by atoms with Crippen molar-refractivity contribution in [1.82, 2.24) is 29.5 Å². The zero-order valence-corrected chi connectivity index (χ0v) is 22.9. The van der Waals surface area contributed by atoms with Crippen molar-refractivity contribution in [2.45, 2.75) is 13.8 Å². The van der Waals surface area contributed by atoms with Gasteiger partial charge in [-0.1, -0.05) is 18.2 Å². The van der Waals surface area contributed by atoms with Crippen LogP contribution in [0, 0.1) is 13.8 Å². The third-order valence-electron chi connectivity index (χ3n) is 5.47. The molecule has 9 nitrogen and oxygen atoms in total. The van der Waals surface area contributed by atoms with Gasteiger partial charge in [0.05, 0.1) is 19.8 Å². The Kier molecular flexibility index (Phi) is 8.55. The Balaban J connectivity index is 0.000000360. The molecule has 0 aliphatic carbocycles. The van der Waals surface area contributed by atoms with Crippen LogP contribution in [0.2, 0.25) is 0 Å². The third-order valence-corrected chi connectivity index (χ3v) is 6.30. The lowest BCUT2D eigenvalue weighted by Gasteiger charge is -2.10. The highest BCUT2D eigenvalue weighted by atomic mass is 79.9. The van der Waals surface area contributed by atoms with Crippen molar-refractivity contribution in [3.8, 4) is 28.7 Å². The summed E-state index contributed by atoms with van der Waals surface area (Å²) in [6.07, 6.45) is 8.32. The van der Waals surface area contributed by atoms with E-state index in [1.165, 1.54) is 12.7 Å². The summed E-state index contributed by atoms with van der Waals surface area (Å²) in [7, 11) is 3.04. The van der Waals surface area contributed by atoms with Gasteiger partial charge in [-0.25, -0.2) is 15.0 Å². The minimum Gasteiger partial charge on any atom is -0.480 e. The van der Waals surface area contributed by atoms with E-state index >= 15 is 0 Å². The van der Waals surface area contributed by atoms with E-state index in [4.69, 9.17) is 9.47 Å². The van der Waals surface area contributed by atoms with Crippen molar-refractivity contribution in [1.29, 1.82) is 0 Å². The highest BCUT2D eigenvalue weighted by Crippen LogP contribution is 2.30. The molecular weight excluding hydrogens is 548 g/mol. The van der Waals surface area contributed by atoms with Crippen molar-refractivity contribution in [2.24, 2.45) is 0 Å². The van der Waals surface area contributed by atoms with Crippen molar-refractivity contribution in [3.63, 3.8) is 0 Å². The van der Waals surface area contributed by atoms with Gasteiger partial charge in [0.2, 0.25) is 11.7 Å². The molecule has 5 rings (SSSR count). The summed E-state index contributed by atoms with van der Waals surface area (Å²) in [6, 6.07) is 15.4. The number of imidazole rings is 1. The topological polar surface area (TPSA) is 105 Å². The van der Waals surface area contributed by atoms with E-state index in [2.05, 4.69) is 40.8 Å². The molecule has 4 aromatic heterocycles. The van der Waals surface area contributed by atoms with Gasteiger partial charge in [-0.15, -0.1) is 0 Å². The molecule has 192 valence electrons. The Morgan fingerprint density at radius 3 is 2.42 bits per heavy atom. The van der Waals surface area contributed by atoms with Crippen LogP contribution >= 0.6 is 15.9 Å². The predicted molar refractivity (Wildman–Crippen MR) is 147 cm³/mol. The number of halogens is 1. The fourth-order valence-electron chi connectivity index (χ4n) is 3.48. The molecule has 0 aliphatic heterocycles. The number of aryl methyl sites for hydroxylation is 2. The molecule has 0 unspecified atom stereocenters. The molecule has 0 radical (unpaired) electrons. The van der Waals surface area contributed by atoms with E-state index in [1.54, 1.807) is 48.9 Å². The second kappa shape index (κ2) is 12.2. The summed E-state index contributed by atoms with van der Waals surface area (Å²) >= 11 is 3.28. The lowest BCUT2D eigenvalue weighted by Crippen LogP contribution is -2.04. The molecule has 0 aliphatic rings. The summed E-state index contributed by atoms with van der Waals surface area (Å²) in [5, 5.41) is 0. The third kappa shape index (κ3) is 6.27. The van der Waals surface area contributed by atoms with Crippen LogP contribution in [0.15, 0.2) is 84.2 Å². The van der Waals surface area contributed by atoms with Crippen LogP contribution in [-0.4, -0.2) is 49.5 Å². The Hall–Kier alpha value is -4.44. The van der Waals surface area contributed by atoms with Crippen LogP contribution in [0.1, 0.15) is 27.3 Å². The molecule has 0 saturated carbocycles. The van der Waals surface area contributed by atoms with Crippen molar-refractivity contribution in [3.05, 3.63) is 107 Å². The van der Waals surface area contributed by atoms with Crippen LogP contribution in [-0.2, 0) is 0 Å². The Bertz CT molecular complexity index is 1550. The van der Waals surface area contributed by atoms with Crippen LogP contribution < -0.4 is 9.47 Å². The smallest absolute Gasteiger partial charge is 0.319 e. The average Bonchev–Trinajstić information content (AvgIpc) is 3.45. The number of carbonyl (C=O) groups is 1. The largest absolute Gasteiger partial charge is 0.480 e. The minimum absolute atomic E-state index is 0.223. The van der Waals surface area contributed by atoms with Gasteiger partial charge in [-0.3, -0.25) is 9.78 Å². The van der Waals surface area contributed by atoms with E-state index in [-0.39, 0.29) is 11.8 Å². The van der Waals surface area contributed by atoms with Gasteiger partial charge in [0.25, 0.3) is 0 Å². The second-order valence-electron chi connectivity index (χ2n) is 8.15. The van der Waals surface area contributed by atoms with E-state index in [0.717, 1.165) is 27.0 Å². The highest BCUT2D eigenvalue weighted by Gasteiger charge is 2.15. The first-order valence-electron chi connectivity index (χ1n) is 11.5. The first-order valence-corrected chi connectivity index (χ1v) is 12.3. The molecule has 0 amide bonds. The van der Waals surface area contributed by atoms with Gasteiger partial charge >= 0.3 is 6.01 Å². The van der Waals surface area contributed by atoms with Gasteiger partial charge in [-0.2, -0.15) is 4.98 Å². The Labute approximate surface area is 228 Å².